The first-order valence-corrected chi connectivity index (χ1v) is 8.31. The van der Waals surface area contributed by atoms with E-state index in [4.69, 9.17) is 9.47 Å². The first kappa shape index (κ1) is 16.8. The Balaban J connectivity index is 1.91. The standard InChI is InChI=1S/C22H20O3/c1-2-24-22(23)19-14-9-15-20(16-19)25-21(17-10-5-3-6-11-17)18-12-7-4-8-13-18/h3-16,21H,2H2,1H3. The molecule has 0 saturated carbocycles. The minimum atomic E-state index is -0.344. The van der Waals surface area contributed by atoms with Crippen LogP contribution in [0.15, 0.2) is 84.9 Å². The van der Waals surface area contributed by atoms with Gasteiger partial charge in [0.05, 0.1) is 12.2 Å². The molecule has 0 spiro atoms. The highest BCUT2D eigenvalue weighted by Gasteiger charge is 2.16. The predicted octanol–water partition coefficient (Wildman–Crippen LogP) is 5.03. The topological polar surface area (TPSA) is 35.5 Å². The highest BCUT2D eigenvalue weighted by Crippen LogP contribution is 2.28. The Hall–Kier alpha value is -3.07. The van der Waals surface area contributed by atoms with Gasteiger partial charge >= 0.3 is 5.97 Å². The summed E-state index contributed by atoms with van der Waals surface area (Å²) in [5, 5.41) is 0. The zero-order valence-corrected chi connectivity index (χ0v) is 14.1. The number of rotatable bonds is 6. The molecule has 0 aromatic heterocycles. The van der Waals surface area contributed by atoms with Crippen molar-refractivity contribution in [3.05, 3.63) is 102 Å². The van der Waals surface area contributed by atoms with Crippen molar-refractivity contribution in [2.45, 2.75) is 13.0 Å². The van der Waals surface area contributed by atoms with Gasteiger partial charge < -0.3 is 9.47 Å². The molecule has 3 aromatic rings. The summed E-state index contributed by atoms with van der Waals surface area (Å²) in [6, 6.07) is 27.2. The van der Waals surface area contributed by atoms with Crippen molar-refractivity contribution in [3.8, 4) is 5.75 Å². The fraction of sp³-hybridized carbons (Fsp3) is 0.136. The van der Waals surface area contributed by atoms with Gasteiger partial charge in [-0.25, -0.2) is 4.79 Å². The van der Waals surface area contributed by atoms with Crippen LogP contribution < -0.4 is 4.74 Å². The van der Waals surface area contributed by atoms with Crippen LogP contribution in [0.4, 0.5) is 0 Å². The Labute approximate surface area is 147 Å². The van der Waals surface area contributed by atoms with Crippen LogP contribution >= 0.6 is 0 Å². The summed E-state index contributed by atoms with van der Waals surface area (Å²) in [7, 11) is 0. The summed E-state index contributed by atoms with van der Waals surface area (Å²) >= 11 is 0. The summed E-state index contributed by atoms with van der Waals surface area (Å²) in [6.07, 6.45) is -0.250. The fourth-order valence-corrected chi connectivity index (χ4v) is 2.63. The molecule has 0 aliphatic rings. The summed E-state index contributed by atoms with van der Waals surface area (Å²) in [4.78, 5) is 11.9. The van der Waals surface area contributed by atoms with Gasteiger partial charge in [0, 0.05) is 0 Å². The third-order valence-electron chi connectivity index (χ3n) is 3.80. The van der Waals surface area contributed by atoms with Crippen molar-refractivity contribution >= 4 is 5.97 Å². The summed E-state index contributed by atoms with van der Waals surface area (Å²) in [5.41, 5.74) is 2.59. The van der Waals surface area contributed by atoms with Gasteiger partial charge in [-0.15, -0.1) is 0 Å². The Kier molecular flexibility index (Phi) is 5.47. The highest BCUT2D eigenvalue weighted by atomic mass is 16.5. The molecule has 0 heterocycles. The molecule has 3 heteroatoms. The van der Waals surface area contributed by atoms with E-state index in [1.165, 1.54) is 0 Å². The van der Waals surface area contributed by atoms with E-state index in [0.717, 1.165) is 11.1 Å². The summed E-state index contributed by atoms with van der Waals surface area (Å²) in [5.74, 6) is 0.284. The van der Waals surface area contributed by atoms with Gasteiger partial charge in [-0.05, 0) is 36.2 Å². The van der Waals surface area contributed by atoms with Crippen LogP contribution in [0.1, 0.15) is 34.5 Å². The van der Waals surface area contributed by atoms with Crippen molar-refractivity contribution < 1.29 is 14.3 Å². The van der Waals surface area contributed by atoms with Crippen LogP contribution in [0.3, 0.4) is 0 Å². The third kappa shape index (κ3) is 4.27. The van der Waals surface area contributed by atoms with Gasteiger partial charge in [-0.2, -0.15) is 0 Å². The average molecular weight is 332 g/mol. The fourth-order valence-electron chi connectivity index (χ4n) is 2.63. The number of ether oxygens (including phenoxy) is 2. The molecule has 0 atom stereocenters. The van der Waals surface area contributed by atoms with Gasteiger partial charge in [0.15, 0.2) is 0 Å². The van der Waals surface area contributed by atoms with Gasteiger partial charge in [0.1, 0.15) is 11.9 Å². The van der Waals surface area contributed by atoms with Crippen LogP contribution in [0, 0.1) is 0 Å². The molecule has 0 fully saturated rings. The smallest absolute Gasteiger partial charge is 0.338 e. The molecule has 3 nitrogen and oxygen atoms in total. The van der Waals surface area contributed by atoms with Crippen LogP contribution in [-0.4, -0.2) is 12.6 Å². The molecule has 0 N–H and O–H groups in total. The molecule has 0 unspecified atom stereocenters. The van der Waals surface area contributed by atoms with E-state index in [1.54, 1.807) is 25.1 Å². The number of carbonyl (C=O) groups excluding carboxylic acids is 1. The largest absolute Gasteiger partial charge is 0.481 e. The summed E-state index contributed by atoms with van der Waals surface area (Å²) < 4.78 is 11.3. The van der Waals surface area contributed by atoms with E-state index >= 15 is 0 Å². The van der Waals surface area contributed by atoms with E-state index in [1.807, 2.05) is 66.7 Å². The van der Waals surface area contributed by atoms with Gasteiger partial charge in [0.2, 0.25) is 0 Å². The molecule has 0 radical (unpaired) electrons. The lowest BCUT2D eigenvalue weighted by Gasteiger charge is -2.20. The SMILES string of the molecule is CCOC(=O)c1cccc(OC(c2ccccc2)c2ccccc2)c1. The number of esters is 1. The molecule has 0 aliphatic heterocycles. The Morgan fingerprint density at radius 3 is 2.00 bits per heavy atom. The normalized spacial score (nSPS) is 10.5. The van der Waals surface area contributed by atoms with Gasteiger partial charge in [0.25, 0.3) is 0 Å². The monoisotopic (exact) mass is 332 g/mol. The molecule has 25 heavy (non-hydrogen) atoms. The van der Waals surface area contributed by atoms with E-state index in [9.17, 15) is 4.79 Å². The molecule has 0 saturated heterocycles. The number of carbonyl (C=O) groups is 1. The molecule has 0 amide bonds. The lowest BCUT2D eigenvalue weighted by Crippen LogP contribution is -2.10. The third-order valence-corrected chi connectivity index (χ3v) is 3.80. The van der Waals surface area contributed by atoms with E-state index in [-0.39, 0.29) is 12.1 Å². The van der Waals surface area contributed by atoms with Crippen molar-refractivity contribution in [2.75, 3.05) is 6.61 Å². The number of hydrogen-bond donors (Lipinski definition) is 0. The zero-order chi connectivity index (χ0) is 17.5. The molecule has 126 valence electrons. The van der Waals surface area contributed by atoms with Gasteiger partial charge in [-0.3, -0.25) is 0 Å². The maximum Gasteiger partial charge on any atom is 0.338 e. The Bertz CT molecular complexity index is 773. The zero-order valence-electron chi connectivity index (χ0n) is 14.1. The number of hydrogen-bond acceptors (Lipinski definition) is 3. The second-order valence-corrected chi connectivity index (χ2v) is 5.57. The van der Waals surface area contributed by atoms with Crippen LogP contribution in [0.5, 0.6) is 5.75 Å². The second-order valence-electron chi connectivity index (χ2n) is 5.57. The minimum Gasteiger partial charge on any atom is -0.481 e. The van der Waals surface area contributed by atoms with Crippen LogP contribution in [0.25, 0.3) is 0 Å². The number of benzene rings is 3. The van der Waals surface area contributed by atoms with Crippen LogP contribution in [-0.2, 0) is 4.74 Å². The van der Waals surface area contributed by atoms with Gasteiger partial charge in [-0.1, -0.05) is 66.7 Å². The molecule has 0 aliphatic carbocycles. The molecular weight excluding hydrogens is 312 g/mol. The maximum absolute atomic E-state index is 11.9. The minimum absolute atomic E-state index is 0.250. The Morgan fingerprint density at radius 1 is 0.840 bits per heavy atom. The Morgan fingerprint density at radius 2 is 1.44 bits per heavy atom. The van der Waals surface area contributed by atoms with Crippen molar-refractivity contribution in [1.29, 1.82) is 0 Å². The van der Waals surface area contributed by atoms with E-state index < -0.39 is 0 Å². The second kappa shape index (κ2) is 8.15. The first-order valence-electron chi connectivity index (χ1n) is 8.31. The average Bonchev–Trinajstić information content (AvgIpc) is 2.68. The van der Waals surface area contributed by atoms with Crippen LogP contribution in [0.2, 0.25) is 0 Å². The summed E-state index contributed by atoms with van der Waals surface area (Å²) in [6.45, 7) is 2.14. The van der Waals surface area contributed by atoms with Crippen molar-refractivity contribution in [3.63, 3.8) is 0 Å². The molecule has 3 aromatic carbocycles. The quantitative estimate of drug-likeness (QED) is 0.594. The van der Waals surface area contributed by atoms with E-state index in [2.05, 4.69) is 0 Å². The first-order chi connectivity index (χ1) is 12.3. The lowest BCUT2D eigenvalue weighted by molar-refractivity contribution is 0.0525. The molecule has 3 rings (SSSR count). The lowest BCUT2D eigenvalue weighted by atomic mass is 10.0. The predicted molar refractivity (Wildman–Crippen MR) is 97.8 cm³/mol. The molecular formula is C22H20O3. The van der Waals surface area contributed by atoms with Crippen molar-refractivity contribution in [1.82, 2.24) is 0 Å². The van der Waals surface area contributed by atoms with E-state index in [0.29, 0.717) is 17.9 Å². The highest BCUT2D eigenvalue weighted by molar-refractivity contribution is 5.89. The maximum atomic E-state index is 11.9. The van der Waals surface area contributed by atoms with Crippen molar-refractivity contribution in [2.24, 2.45) is 0 Å². The molecule has 0 bridgehead atoms.